The minimum atomic E-state index is -0.300. The highest BCUT2D eigenvalue weighted by molar-refractivity contribution is 5.77. The van der Waals surface area contributed by atoms with E-state index in [0.29, 0.717) is 24.3 Å². The Labute approximate surface area is 103 Å². The summed E-state index contributed by atoms with van der Waals surface area (Å²) in [6.07, 6.45) is 0.561. The molecular formula is C12H14FN3O2. The van der Waals surface area contributed by atoms with E-state index in [0.717, 1.165) is 5.52 Å². The molecule has 0 fully saturated rings. The average molecular weight is 251 g/mol. The van der Waals surface area contributed by atoms with Crippen LogP contribution in [0.15, 0.2) is 18.2 Å². The largest absolute Gasteiger partial charge is 0.375 e. The number of imidazole rings is 1. The molecule has 2 aromatic rings. The lowest BCUT2D eigenvalue weighted by atomic mass is 10.3. The zero-order valence-corrected chi connectivity index (χ0v) is 10.00. The number of hydrogen-bond donors (Lipinski definition) is 2. The molecule has 0 aliphatic heterocycles. The number of amides is 1. The number of nitrogens with one attached hydrogen (secondary N) is 2. The van der Waals surface area contributed by atoms with Gasteiger partial charge < -0.3 is 15.0 Å². The van der Waals surface area contributed by atoms with E-state index >= 15 is 0 Å². The first-order valence-electron chi connectivity index (χ1n) is 5.59. The van der Waals surface area contributed by atoms with Crippen LogP contribution in [0.3, 0.4) is 0 Å². The minimum absolute atomic E-state index is 0.0470. The molecule has 0 atom stereocenters. The van der Waals surface area contributed by atoms with Crippen LogP contribution in [0.4, 0.5) is 4.39 Å². The number of fused-ring (bicyclic) bond motifs is 1. The molecule has 2 rings (SSSR count). The Balaban J connectivity index is 1.94. The van der Waals surface area contributed by atoms with Crippen molar-refractivity contribution >= 4 is 16.9 Å². The second kappa shape index (κ2) is 5.59. The molecule has 0 saturated heterocycles. The molecule has 6 heteroatoms. The van der Waals surface area contributed by atoms with Gasteiger partial charge in [-0.1, -0.05) is 0 Å². The van der Waals surface area contributed by atoms with E-state index in [-0.39, 0.29) is 18.3 Å². The van der Waals surface area contributed by atoms with E-state index in [9.17, 15) is 9.18 Å². The number of carbonyl (C=O) groups is 1. The van der Waals surface area contributed by atoms with E-state index < -0.39 is 0 Å². The number of hydrogen-bond acceptors (Lipinski definition) is 3. The average Bonchev–Trinajstić information content (AvgIpc) is 2.71. The highest BCUT2D eigenvalue weighted by Gasteiger charge is 2.04. The predicted octanol–water partition coefficient (Wildman–Crippen LogP) is 1.01. The van der Waals surface area contributed by atoms with E-state index in [1.165, 1.54) is 19.2 Å². The van der Waals surface area contributed by atoms with Gasteiger partial charge in [-0.05, 0) is 18.2 Å². The number of H-pyrrole nitrogens is 1. The molecule has 0 aliphatic rings. The third-order valence-corrected chi connectivity index (χ3v) is 2.45. The van der Waals surface area contributed by atoms with E-state index in [4.69, 9.17) is 4.74 Å². The summed E-state index contributed by atoms with van der Waals surface area (Å²) in [5.41, 5.74) is 1.38. The number of nitrogens with zero attached hydrogens (tertiary/aromatic N) is 1. The van der Waals surface area contributed by atoms with Gasteiger partial charge >= 0.3 is 0 Å². The van der Waals surface area contributed by atoms with Crippen molar-refractivity contribution in [2.75, 3.05) is 20.3 Å². The van der Waals surface area contributed by atoms with Crippen LogP contribution in [0.25, 0.3) is 11.0 Å². The fourth-order valence-electron chi connectivity index (χ4n) is 1.66. The van der Waals surface area contributed by atoms with Gasteiger partial charge in [-0.15, -0.1) is 0 Å². The molecule has 5 nitrogen and oxygen atoms in total. The van der Waals surface area contributed by atoms with Crippen LogP contribution in [0.5, 0.6) is 0 Å². The van der Waals surface area contributed by atoms with E-state index in [2.05, 4.69) is 15.3 Å². The van der Waals surface area contributed by atoms with Gasteiger partial charge in [0.15, 0.2) is 0 Å². The van der Waals surface area contributed by atoms with Crippen LogP contribution >= 0.6 is 0 Å². The van der Waals surface area contributed by atoms with Crippen molar-refractivity contribution in [1.29, 1.82) is 0 Å². The van der Waals surface area contributed by atoms with Crippen molar-refractivity contribution in [3.8, 4) is 0 Å². The number of aromatic nitrogens is 2. The number of aromatic amines is 1. The first-order chi connectivity index (χ1) is 8.69. The summed E-state index contributed by atoms with van der Waals surface area (Å²) in [6, 6.07) is 4.39. The molecule has 1 aromatic heterocycles. The zero-order chi connectivity index (χ0) is 13.0. The van der Waals surface area contributed by atoms with Crippen LogP contribution in [0.2, 0.25) is 0 Å². The van der Waals surface area contributed by atoms with Gasteiger partial charge in [-0.25, -0.2) is 9.37 Å². The Kier molecular flexibility index (Phi) is 3.88. The molecule has 0 aliphatic carbocycles. The highest BCUT2D eigenvalue weighted by Crippen LogP contribution is 2.12. The standard InChI is InChI=1S/C12H14FN3O2/c1-18-7-12(17)14-5-4-11-15-9-3-2-8(13)6-10(9)16-11/h2-3,6H,4-5,7H2,1H3,(H,14,17)(H,15,16). The van der Waals surface area contributed by atoms with Crippen molar-refractivity contribution in [3.05, 3.63) is 29.8 Å². The molecule has 0 unspecified atom stereocenters. The Morgan fingerprint density at radius 3 is 3.17 bits per heavy atom. The number of benzene rings is 1. The van der Waals surface area contributed by atoms with Crippen LogP contribution in [0, 0.1) is 5.82 Å². The summed E-state index contributed by atoms with van der Waals surface area (Å²) in [5, 5.41) is 2.69. The zero-order valence-electron chi connectivity index (χ0n) is 10.00. The Bertz CT molecular complexity index is 553. The number of methoxy groups -OCH3 is 1. The lowest BCUT2D eigenvalue weighted by molar-refractivity contribution is -0.124. The Morgan fingerprint density at radius 2 is 2.39 bits per heavy atom. The van der Waals surface area contributed by atoms with Crippen LogP contribution in [0.1, 0.15) is 5.82 Å². The van der Waals surface area contributed by atoms with Crippen LogP contribution in [-0.4, -0.2) is 36.1 Å². The molecule has 2 N–H and O–H groups in total. The molecular weight excluding hydrogens is 237 g/mol. The molecule has 18 heavy (non-hydrogen) atoms. The van der Waals surface area contributed by atoms with Crippen molar-refractivity contribution in [2.45, 2.75) is 6.42 Å². The number of ether oxygens (including phenoxy) is 1. The molecule has 0 bridgehead atoms. The third kappa shape index (κ3) is 3.04. The second-order valence-electron chi connectivity index (χ2n) is 3.88. The second-order valence-corrected chi connectivity index (χ2v) is 3.88. The minimum Gasteiger partial charge on any atom is -0.375 e. The fraction of sp³-hybridized carbons (Fsp3) is 0.333. The monoisotopic (exact) mass is 251 g/mol. The van der Waals surface area contributed by atoms with E-state index in [1.807, 2.05) is 0 Å². The smallest absolute Gasteiger partial charge is 0.245 e. The first-order valence-corrected chi connectivity index (χ1v) is 5.59. The van der Waals surface area contributed by atoms with Crippen molar-refractivity contribution in [3.63, 3.8) is 0 Å². The number of halogens is 1. The van der Waals surface area contributed by atoms with Gasteiger partial charge in [0.05, 0.1) is 11.0 Å². The van der Waals surface area contributed by atoms with Crippen molar-refractivity contribution in [2.24, 2.45) is 0 Å². The maximum Gasteiger partial charge on any atom is 0.245 e. The van der Waals surface area contributed by atoms with E-state index in [1.54, 1.807) is 6.07 Å². The van der Waals surface area contributed by atoms with Gasteiger partial charge in [-0.3, -0.25) is 4.79 Å². The van der Waals surface area contributed by atoms with Gasteiger partial charge in [0.2, 0.25) is 5.91 Å². The summed E-state index contributed by atoms with van der Waals surface area (Å²) in [6.45, 7) is 0.510. The molecule has 0 radical (unpaired) electrons. The SMILES string of the molecule is COCC(=O)NCCc1nc2ccc(F)cc2[nH]1. The number of carbonyl (C=O) groups excluding carboxylic acids is 1. The fourth-order valence-corrected chi connectivity index (χ4v) is 1.66. The maximum absolute atomic E-state index is 13.0. The van der Waals surface area contributed by atoms with Gasteiger partial charge in [0, 0.05) is 20.1 Å². The molecule has 1 aromatic carbocycles. The molecule has 1 heterocycles. The lowest BCUT2D eigenvalue weighted by Crippen LogP contribution is -2.29. The first kappa shape index (κ1) is 12.5. The van der Waals surface area contributed by atoms with Gasteiger partial charge in [0.25, 0.3) is 0 Å². The summed E-state index contributed by atoms with van der Waals surface area (Å²) in [4.78, 5) is 18.4. The Hall–Kier alpha value is -1.95. The van der Waals surface area contributed by atoms with Gasteiger partial charge in [0.1, 0.15) is 18.2 Å². The molecule has 0 spiro atoms. The molecule has 96 valence electrons. The summed E-state index contributed by atoms with van der Waals surface area (Å²) >= 11 is 0. The van der Waals surface area contributed by atoms with Crippen LogP contribution < -0.4 is 5.32 Å². The topological polar surface area (TPSA) is 67.0 Å². The summed E-state index contributed by atoms with van der Waals surface area (Å²) in [5.74, 6) is 0.249. The quantitative estimate of drug-likeness (QED) is 0.833. The van der Waals surface area contributed by atoms with Crippen molar-refractivity contribution < 1.29 is 13.9 Å². The van der Waals surface area contributed by atoms with Crippen molar-refractivity contribution in [1.82, 2.24) is 15.3 Å². The normalized spacial score (nSPS) is 10.8. The highest BCUT2D eigenvalue weighted by atomic mass is 19.1. The molecule has 0 saturated carbocycles. The van der Waals surface area contributed by atoms with Gasteiger partial charge in [-0.2, -0.15) is 0 Å². The molecule has 1 amide bonds. The summed E-state index contributed by atoms with van der Waals surface area (Å²) in [7, 11) is 1.47. The van der Waals surface area contributed by atoms with Crippen LogP contribution in [-0.2, 0) is 16.0 Å². The lowest BCUT2D eigenvalue weighted by Gasteiger charge is -2.01. The Morgan fingerprint density at radius 1 is 1.56 bits per heavy atom. The third-order valence-electron chi connectivity index (χ3n) is 2.45. The summed E-state index contributed by atoms with van der Waals surface area (Å²) < 4.78 is 17.7. The number of rotatable bonds is 5. The maximum atomic E-state index is 13.0. The predicted molar refractivity (Wildman–Crippen MR) is 64.6 cm³/mol.